The molecule has 1 N–H and O–H groups in total. The lowest BCUT2D eigenvalue weighted by Gasteiger charge is -2.48. The topological polar surface area (TPSA) is 50.8 Å². The highest BCUT2D eigenvalue weighted by atomic mass is 35.5. The molecular formula is C29H35ClN2O3. The van der Waals surface area contributed by atoms with E-state index in [1.807, 2.05) is 18.2 Å². The summed E-state index contributed by atoms with van der Waals surface area (Å²) >= 11 is 6.54. The zero-order chi connectivity index (χ0) is 23.8. The number of ether oxygens (including phenoxy) is 2. The molecule has 186 valence electrons. The van der Waals surface area contributed by atoms with Gasteiger partial charge in [-0.1, -0.05) is 30.2 Å². The van der Waals surface area contributed by atoms with E-state index < -0.39 is 0 Å². The summed E-state index contributed by atoms with van der Waals surface area (Å²) in [6.07, 6.45) is 10.7. The first-order valence-electron chi connectivity index (χ1n) is 13.3. The molecule has 4 aliphatic rings. The van der Waals surface area contributed by atoms with Crippen molar-refractivity contribution in [1.82, 2.24) is 10.2 Å². The summed E-state index contributed by atoms with van der Waals surface area (Å²) < 4.78 is 12.2. The number of benzene rings is 2. The van der Waals surface area contributed by atoms with Gasteiger partial charge in [0, 0.05) is 32.3 Å². The van der Waals surface area contributed by atoms with Gasteiger partial charge in [0.15, 0.2) is 0 Å². The normalized spacial score (nSPS) is 24.0. The van der Waals surface area contributed by atoms with Gasteiger partial charge < -0.3 is 19.7 Å². The van der Waals surface area contributed by atoms with Crippen LogP contribution in [0.25, 0.3) is 11.1 Å². The molecule has 6 heteroatoms. The first kappa shape index (κ1) is 23.3. The van der Waals surface area contributed by atoms with Gasteiger partial charge >= 0.3 is 0 Å². The minimum atomic E-state index is -0.149. The number of hydrogen-bond acceptors (Lipinski definition) is 4. The molecule has 1 saturated carbocycles. The Bertz CT molecular complexity index is 1090. The molecule has 3 aliphatic heterocycles. The lowest BCUT2D eigenvalue weighted by Crippen LogP contribution is -2.53. The minimum absolute atomic E-state index is 0.0105. The SMILES string of the molecule is O=C(NC[C@H]1CCCO1)c1ccc(-c2ccc3c(c2)CCC2(CCN(C4CCC4)CC2)O3)cc1Cl. The predicted octanol–water partition coefficient (Wildman–Crippen LogP) is 5.63. The number of fused-ring (bicyclic) bond motifs is 1. The van der Waals surface area contributed by atoms with Gasteiger partial charge in [0.25, 0.3) is 5.91 Å². The van der Waals surface area contributed by atoms with E-state index in [2.05, 4.69) is 28.4 Å². The van der Waals surface area contributed by atoms with E-state index in [0.717, 1.165) is 68.1 Å². The van der Waals surface area contributed by atoms with Crippen molar-refractivity contribution in [2.45, 2.75) is 75.5 Å². The third kappa shape index (κ3) is 4.83. The van der Waals surface area contributed by atoms with Gasteiger partial charge in [0.1, 0.15) is 11.4 Å². The number of nitrogens with one attached hydrogen (secondary N) is 1. The fourth-order valence-corrected chi connectivity index (χ4v) is 6.35. The van der Waals surface area contributed by atoms with E-state index in [0.29, 0.717) is 17.1 Å². The van der Waals surface area contributed by atoms with Crippen LogP contribution in [0, 0.1) is 0 Å². The number of rotatable bonds is 5. The van der Waals surface area contributed by atoms with Crippen LogP contribution in [0.15, 0.2) is 36.4 Å². The number of carbonyl (C=O) groups is 1. The maximum Gasteiger partial charge on any atom is 0.252 e. The molecule has 2 aromatic rings. The Kier molecular flexibility index (Phi) is 6.50. The van der Waals surface area contributed by atoms with Gasteiger partial charge in [-0.3, -0.25) is 4.79 Å². The summed E-state index contributed by atoms with van der Waals surface area (Å²) in [6.45, 7) is 3.65. The second kappa shape index (κ2) is 9.76. The fourth-order valence-electron chi connectivity index (χ4n) is 6.09. The maximum absolute atomic E-state index is 12.6. The Labute approximate surface area is 213 Å². The third-order valence-electron chi connectivity index (χ3n) is 8.60. The molecule has 1 atom stereocenters. The zero-order valence-electron chi connectivity index (χ0n) is 20.4. The van der Waals surface area contributed by atoms with Crippen LogP contribution in [-0.4, -0.2) is 54.8 Å². The van der Waals surface area contributed by atoms with Crippen LogP contribution < -0.4 is 10.1 Å². The average molecular weight is 495 g/mol. The molecule has 35 heavy (non-hydrogen) atoms. The molecule has 0 bridgehead atoms. The zero-order valence-corrected chi connectivity index (χ0v) is 21.1. The Morgan fingerprint density at radius 3 is 2.54 bits per heavy atom. The average Bonchev–Trinajstić information content (AvgIpc) is 3.36. The molecule has 0 aromatic heterocycles. The largest absolute Gasteiger partial charge is 0.487 e. The molecule has 2 saturated heterocycles. The number of hydrogen-bond donors (Lipinski definition) is 1. The van der Waals surface area contributed by atoms with E-state index in [4.69, 9.17) is 21.1 Å². The van der Waals surface area contributed by atoms with E-state index in [-0.39, 0.29) is 17.6 Å². The van der Waals surface area contributed by atoms with E-state index in [9.17, 15) is 4.79 Å². The van der Waals surface area contributed by atoms with Crippen molar-refractivity contribution in [3.05, 3.63) is 52.5 Å². The molecule has 1 spiro atoms. The lowest BCUT2D eigenvalue weighted by atomic mass is 9.81. The van der Waals surface area contributed by atoms with Crippen molar-refractivity contribution in [2.24, 2.45) is 0 Å². The first-order valence-corrected chi connectivity index (χ1v) is 13.7. The highest BCUT2D eigenvalue weighted by molar-refractivity contribution is 6.34. The Morgan fingerprint density at radius 1 is 1.03 bits per heavy atom. The molecule has 0 unspecified atom stereocenters. The smallest absolute Gasteiger partial charge is 0.252 e. The van der Waals surface area contributed by atoms with Crippen LogP contribution in [0.4, 0.5) is 0 Å². The number of piperidine rings is 1. The van der Waals surface area contributed by atoms with Crippen molar-refractivity contribution in [2.75, 3.05) is 26.2 Å². The Balaban J connectivity index is 1.11. The quantitative estimate of drug-likeness (QED) is 0.585. The van der Waals surface area contributed by atoms with Gasteiger partial charge in [0.2, 0.25) is 0 Å². The van der Waals surface area contributed by atoms with Crippen LogP contribution in [0.5, 0.6) is 5.75 Å². The molecule has 3 heterocycles. The first-order chi connectivity index (χ1) is 17.1. The van der Waals surface area contributed by atoms with Crippen molar-refractivity contribution in [1.29, 1.82) is 0 Å². The highest BCUT2D eigenvalue weighted by Crippen LogP contribution is 2.42. The Hall–Kier alpha value is -2.08. The number of carbonyl (C=O) groups excluding carboxylic acids is 1. The summed E-state index contributed by atoms with van der Waals surface area (Å²) in [5.41, 5.74) is 3.91. The van der Waals surface area contributed by atoms with Crippen molar-refractivity contribution in [3.63, 3.8) is 0 Å². The van der Waals surface area contributed by atoms with Crippen LogP contribution in [0.2, 0.25) is 5.02 Å². The van der Waals surface area contributed by atoms with Crippen LogP contribution in [-0.2, 0) is 11.2 Å². The van der Waals surface area contributed by atoms with Crippen molar-refractivity contribution >= 4 is 17.5 Å². The van der Waals surface area contributed by atoms with Gasteiger partial charge in [-0.25, -0.2) is 0 Å². The number of nitrogens with zero attached hydrogens (tertiary/aromatic N) is 1. The van der Waals surface area contributed by atoms with Gasteiger partial charge in [-0.15, -0.1) is 0 Å². The maximum atomic E-state index is 12.6. The number of halogens is 1. The number of aryl methyl sites for hydroxylation is 1. The van der Waals surface area contributed by atoms with E-state index >= 15 is 0 Å². The van der Waals surface area contributed by atoms with Gasteiger partial charge in [-0.05, 0) is 92.3 Å². The van der Waals surface area contributed by atoms with Crippen LogP contribution in [0.1, 0.15) is 67.3 Å². The molecule has 2 aromatic carbocycles. The summed E-state index contributed by atoms with van der Waals surface area (Å²) in [6, 6.07) is 13.0. The fraction of sp³-hybridized carbons (Fsp3) is 0.552. The number of likely N-dealkylation sites (tertiary alicyclic amines) is 1. The highest BCUT2D eigenvalue weighted by Gasteiger charge is 2.41. The molecule has 3 fully saturated rings. The number of amides is 1. The molecule has 5 nitrogen and oxygen atoms in total. The van der Waals surface area contributed by atoms with Crippen molar-refractivity contribution in [3.8, 4) is 16.9 Å². The molecule has 6 rings (SSSR count). The van der Waals surface area contributed by atoms with Crippen LogP contribution >= 0.6 is 11.6 Å². The monoisotopic (exact) mass is 494 g/mol. The lowest BCUT2D eigenvalue weighted by molar-refractivity contribution is -0.0336. The van der Waals surface area contributed by atoms with Gasteiger partial charge in [0.05, 0.1) is 16.7 Å². The second-order valence-electron chi connectivity index (χ2n) is 10.8. The molecule has 0 radical (unpaired) electrons. The summed E-state index contributed by atoms with van der Waals surface area (Å²) in [7, 11) is 0. The van der Waals surface area contributed by atoms with E-state index in [1.54, 1.807) is 0 Å². The summed E-state index contributed by atoms with van der Waals surface area (Å²) in [5.74, 6) is 0.887. The van der Waals surface area contributed by atoms with Crippen molar-refractivity contribution < 1.29 is 14.3 Å². The summed E-state index contributed by atoms with van der Waals surface area (Å²) in [5, 5.41) is 3.43. The molecular weight excluding hydrogens is 460 g/mol. The molecule has 1 amide bonds. The predicted molar refractivity (Wildman–Crippen MR) is 138 cm³/mol. The standard InChI is InChI=1S/C29H35ClN2O3/c30-26-18-21(6-8-25(26)28(33)31-19-24-5-2-16-34-24)20-7-9-27-22(17-20)10-11-29(35-27)12-14-32(15-13-29)23-3-1-4-23/h6-9,17-18,23-24H,1-5,10-16,19H2,(H,31,33)/t24-/m1/s1. The third-order valence-corrected chi connectivity index (χ3v) is 8.91. The Morgan fingerprint density at radius 2 is 1.83 bits per heavy atom. The van der Waals surface area contributed by atoms with Crippen LogP contribution in [0.3, 0.4) is 0 Å². The van der Waals surface area contributed by atoms with E-state index in [1.165, 1.54) is 37.9 Å². The van der Waals surface area contributed by atoms with Gasteiger partial charge in [-0.2, -0.15) is 0 Å². The summed E-state index contributed by atoms with van der Waals surface area (Å²) in [4.78, 5) is 15.3. The molecule has 1 aliphatic carbocycles. The minimum Gasteiger partial charge on any atom is -0.487 e. The second-order valence-corrected chi connectivity index (χ2v) is 11.2.